The summed E-state index contributed by atoms with van der Waals surface area (Å²) in [7, 11) is -4.21. The van der Waals surface area contributed by atoms with Gasteiger partial charge in [0.25, 0.3) is 5.56 Å². The number of rotatable bonds is 5. The lowest BCUT2D eigenvalue weighted by Crippen LogP contribution is -2.33. The van der Waals surface area contributed by atoms with Crippen LogP contribution in [0.25, 0.3) is 10.4 Å². The quantitative estimate of drug-likeness (QED) is 0.301. The zero-order chi connectivity index (χ0) is 17.2. The van der Waals surface area contributed by atoms with Gasteiger partial charge in [0.1, 0.15) is 6.23 Å². The number of H-pyrrole nitrogens is 1. The first-order chi connectivity index (χ1) is 10.7. The SMILES string of the molecule is Cc1cn(C2CC(N=[N+]=[N-])C(CCP(=O)(O)O)O2)c(=O)[nH]c1=O. The maximum absolute atomic E-state index is 11.9. The van der Waals surface area contributed by atoms with Crippen LogP contribution in [0.5, 0.6) is 0 Å². The summed E-state index contributed by atoms with van der Waals surface area (Å²) < 4.78 is 17.8. The Hall–Kier alpha value is -1.90. The fraction of sp³-hybridized carbons (Fsp3) is 0.636. The van der Waals surface area contributed by atoms with Crippen LogP contribution in [0.1, 0.15) is 24.6 Å². The molecule has 1 aromatic rings. The van der Waals surface area contributed by atoms with Crippen LogP contribution >= 0.6 is 7.60 Å². The number of aromatic nitrogens is 2. The largest absolute Gasteiger partial charge is 0.354 e. The normalized spacial score (nSPS) is 24.4. The van der Waals surface area contributed by atoms with Crippen LogP contribution in [-0.4, -0.2) is 37.6 Å². The maximum atomic E-state index is 11.9. The van der Waals surface area contributed by atoms with Crippen LogP contribution in [0.15, 0.2) is 20.9 Å². The minimum absolute atomic E-state index is 0.0124. The third-order valence-corrected chi connectivity index (χ3v) is 4.41. The van der Waals surface area contributed by atoms with Gasteiger partial charge in [-0.1, -0.05) is 5.11 Å². The van der Waals surface area contributed by atoms with Crippen LogP contribution in [0, 0.1) is 6.92 Å². The van der Waals surface area contributed by atoms with Crippen molar-refractivity contribution in [3.8, 4) is 0 Å². The second-order valence-electron chi connectivity index (χ2n) is 5.29. The summed E-state index contributed by atoms with van der Waals surface area (Å²) in [6.45, 7) is 1.53. The number of ether oxygens (including phenoxy) is 1. The Morgan fingerprint density at radius 1 is 1.57 bits per heavy atom. The average Bonchev–Trinajstić information content (AvgIpc) is 2.83. The molecule has 1 aromatic heterocycles. The third-order valence-electron chi connectivity index (χ3n) is 3.57. The summed E-state index contributed by atoms with van der Waals surface area (Å²) in [5, 5.41) is 3.57. The van der Waals surface area contributed by atoms with Gasteiger partial charge >= 0.3 is 13.3 Å². The van der Waals surface area contributed by atoms with Gasteiger partial charge in [-0.05, 0) is 18.9 Å². The van der Waals surface area contributed by atoms with Crippen molar-refractivity contribution in [1.29, 1.82) is 0 Å². The molecule has 1 aliphatic rings. The van der Waals surface area contributed by atoms with Crippen molar-refractivity contribution < 1.29 is 19.1 Å². The van der Waals surface area contributed by atoms with Gasteiger partial charge in [-0.2, -0.15) is 0 Å². The van der Waals surface area contributed by atoms with Gasteiger partial charge in [0.15, 0.2) is 0 Å². The van der Waals surface area contributed by atoms with Crippen molar-refractivity contribution in [3.63, 3.8) is 0 Å². The molecule has 3 N–H and O–H groups in total. The molecule has 0 spiro atoms. The van der Waals surface area contributed by atoms with E-state index >= 15 is 0 Å². The molecule has 1 fully saturated rings. The van der Waals surface area contributed by atoms with Gasteiger partial charge in [0.05, 0.1) is 18.3 Å². The topological polar surface area (TPSA) is 170 Å². The molecule has 23 heavy (non-hydrogen) atoms. The number of nitrogens with one attached hydrogen (secondary N) is 1. The van der Waals surface area contributed by atoms with Crippen molar-refractivity contribution in [2.24, 2.45) is 5.11 Å². The predicted molar refractivity (Wildman–Crippen MR) is 79.0 cm³/mol. The Kier molecular flexibility index (Phi) is 5.08. The summed E-state index contributed by atoms with van der Waals surface area (Å²) in [6.07, 6.45) is -0.424. The molecule has 0 bridgehead atoms. The van der Waals surface area contributed by atoms with Gasteiger partial charge in [-0.3, -0.25) is 18.9 Å². The smallest absolute Gasteiger partial charge is 0.330 e. The van der Waals surface area contributed by atoms with Crippen LogP contribution in [0.4, 0.5) is 0 Å². The molecule has 3 unspecified atom stereocenters. The van der Waals surface area contributed by atoms with E-state index in [1.807, 2.05) is 0 Å². The highest BCUT2D eigenvalue weighted by molar-refractivity contribution is 7.51. The lowest BCUT2D eigenvalue weighted by Gasteiger charge is -2.17. The summed E-state index contributed by atoms with van der Waals surface area (Å²) in [5.41, 5.74) is 7.74. The van der Waals surface area contributed by atoms with Crippen LogP contribution < -0.4 is 11.2 Å². The first-order valence-electron chi connectivity index (χ1n) is 6.77. The minimum Gasteiger partial charge on any atom is -0.354 e. The summed E-state index contributed by atoms with van der Waals surface area (Å²) in [4.78, 5) is 46.0. The fourth-order valence-corrected chi connectivity index (χ4v) is 3.02. The van der Waals surface area contributed by atoms with Gasteiger partial charge in [0, 0.05) is 23.1 Å². The Balaban J connectivity index is 2.24. The van der Waals surface area contributed by atoms with E-state index in [9.17, 15) is 14.2 Å². The van der Waals surface area contributed by atoms with Crippen molar-refractivity contribution in [2.75, 3.05) is 6.16 Å². The molecule has 12 heteroatoms. The Bertz CT molecular complexity index is 791. The van der Waals surface area contributed by atoms with Gasteiger partial charge in [-0.15, -0.1) is 0 Å². The Morgan fingerprint density at radius 3 is 2.87 bits per heavy atom. The van der Waals surface area contributed by atoms with Crippen LogP contribution in [0.3, 0.4) is 0 Å². The van der Waals surface area contributed by atoms with Gasteiger partial charge in [0.2, 0.25) is 0 Å². The summed E-state index contributed by atoms with van der Waals surface area (Å²) >= 11 is 0. The summed E-state index contributed by atoms with van der Waals surface area (Å²) in [5.74, 6) is 0. The highest BCUT2D eigenvalue weighted by Crippen LogP contribution is 2.39. The average molecular weight is 345 g/mol. The molecule has 2 rings (SSSR count). The first kappa shape index (κ1) is 17.5. The van der Waals surface area contributed by atoms with E-state index in [1.165, 1.54) is 17.7 Å². The lowest BCUT2D eigenvalue weighted by molar-refractivity contribution is -0.00427. The molecular weight excluding hydrogens is 329 g/mol. The molecule has 1 saturated heterocycles. The monoisotopic (exact) mass is 345 g/mol. The van der Waals surface area contributed by atoms with Crippen molar-refractivity contribution in [2.45, 2.75) is 38.1 Å². The van der Waals surface area contributed by atoms with Crippen molar-refractivity contribution >= 4 is 7.60 Å². The highest BCUT2D eigenvalue weighted by atomic mass is 31.2. The molecule has 126 valence electrons. The first-order valence-corrected chi connectivity index (χ1v) is 8.57. The molecule has 0 radical (unpaired) electrons. The number of hydrogen-bond acceptors (Lipinski definition) is 5. The van der Waals surface area contributed by atoms with E-state index in [0.717, 1.165) is 0 Å². The highest BCUT2D eigenvalue weighted by Gasteiger charge is 2.37. The summed E-state index contributed by atoms with van der Waals surface area (Å²) in [6, 6.07) is -0.657. The zero-order valence-electron chi connectivity index (χ0n) is 12.2. The molecule has 1 aliphatic heterocycles. The van der Waals surface area contributed by atoms with E-state index in [0.29, 0.717) is 5.56 Å². The molecule has 3 atom stereocenters. The fourth-order valence-electron chi connectivity index (χ4n) is 2.43. The van der Waals surface area contributed by atoms with E-state index < -0.39 is 43.4 Å². The van der Waals surface area contributed by atoms with Crippen molar-refractivity contribution in [1.82, 2.24) is 9.55 Å². The number of hydrogen-bond donors (Lipinski definition) is 3. The third kappa shape index (κ3) is 4.31. The number of aromatic amines is 1. The molecule has 2 heterocycles. The van der Waals surface area contributed by atoms with Gasteiger partial charge in [-0.25, -0.2) is 4.79 Å². The molecular formula is C11H16N5O6P. The van der Waals surface area contributed by atoms with E-state index in [-0.39, 0.29) is 12.8 Å². The second kappa shape index (κ2) is 6.69. The Labute approximate surface area is 129 Å². The number of nitrogens with zero attached hydrogens (tertiary/aromatic N) is 4. The molecule has 0 saturated carbocycles. The standard InChI is InChI=1S/C11H16N5O6P/c1-6-5-16(11(18)13-10(6)17)9-4-7(14-15-12)8(22-9)2-3-23(19,20)21/h5,7-9H,2-4H2,1H3,(H,13,17,18)(H2,19,20,21). The maximum Gasteiger partial charge on any atom is 0.330 e. The van der Waals surface area contributed by atoms with E-state index in [4.69, 9.17) is 20.1 Å². The van der Waals surface area contributed by atoms with E-state index in [1.54, 1.807) is 0 Å². The number of aryl methyl sites for hydroxylation is 1. The number of azide groups is 1. The molecule has 0 amide bonds. The minimum atomic E-state index is -4.21. The molecule has 0 aromatic carbocycles. The van der Waals surface area contributed by atoms with Crippen LogP contribution in [-0.2, 0) is 9.30 Å². The van der Waals surface area contributed by atoms with Crippen molar-refractivity contribution in [3.05, 3.63) is 43.0 Å². The van der Waals surface area contributed by atoms with Crippen LogP contribution in [0.2, 0.25) is 0 Å². The second-order valence-corrected chi connectivity index (χ2v) is 7.07. The molecule has 0 aliphatic carbocycles. The predicted octanol–water partition coefficient (Wildman–Crippen LogP) is 0.379. The lowest BCUT2D eigenvalue weighted by atomic mass is 10.1. The van der Waals surface area contributed by atoms with Gasteiger partial charge < -0.3 is 14.5 Å². The Morgan fingerprint density at radius 2 is 2.26 bits per heavy atom. The van der Waals surface area contributed by atoms with E-state index in [2.05, 4.69) is 15.0 Å². The zero-order valence-corrected chi connectivity index (χ0v) is 13.1. The molecule has 11 nitrogen and oxygen atoms in total.